The van der Waals surface area contributed by atoms with E-state index in [1.165, 1.54) is 0 Å². The number of fused-ring (bicyclic) bond motifs is 2. The molecule has 172 valence electrons. The summed E-state index contributed by atoms with van der Waals surface area (Å²) in [4.78, 5) is 24.4. The quantitative estimate of drug-likeness (QED) is 0.264. The summed E-state index contributed by atoms with van der Waals surface area (Å²) in [5.41, 5.74) is 8.51. The van der Waals surface area contributed by atoms with Crippen molar-refractivity contribution in [3.63, 3.8) is 0 Å². The van der Waals surface area contributed by atoms with Crippen molar-refractivity contribution < 1.29 is 4.79 Å². The van der Waals surface area contributed by atoms with E-state index in [2.05, 4.69) is 59.4 Å². The number of carbonyl (C=O) groups excluding carboxylic acids is 1. The predicted octanol–water partition coefficient (Wildman–Crippen LogP) is 6.49. The van der Waals surface area contributed by atoms with Gasteiger partial charge in [-0.15, -0.1) is 0 Å². The van der Waals surface area contributed by atoms with Crippen LogP contribution in [0.25, 0.3) is 55.4 Å². The third-order valence-electron chi connectivity index (χ3n) is 6.06. The lowest BCUT2D eigenvalue weighted by Crippen LogP contribution is -2.17. The summed E-state index contributed by atoms with van der Waals surface area (Å²) in [5, 5.41) is 17.0. The standard InChI is InChI=1S/C27H22N6OS/c1-15(2)27(34)30-19-7-18(10-28-11-19)16-3-4-23-21(8-16)26(33-32-23)24-9-20-22(17-5-6-35-14-17)12-29-13-25(20)31-24/h3-15,31H,1-2H3,(H,30,34)(H,32,33). The van der Waals surface area contributed by atoms with Gasteiger partial charge in [-0.2, -0.15) is 16.4 Å². The minimum atomic E-state index is -0.102. The fourth-order valence-corrected chi connectivity index (χ4v) is 4.83. The molecule has 6 rings (SSSR count). The van der Waals surface area contributed by atoms with E-state index in [1.807, 2.05) is 44.4 Å². The molecule has 5 heterocycles. The second-order valence-electron chi connectivity index (χ2n) is 8.78. The topological polar surface area (TPSA) is 99.3 Å². The highest BCUT2D eigenvalue weighted by Crippen LogP contribution is 2.35. The zero-order chi connectivity index (χ0) is 23.9. The Bertz CT molecular complexity index is 1680. The Kier molecular flexibility index (Phi) is 5.15. The number of hydrogen-bond acceptors (Lipinski definition) is 5. The van der Waals surface area contributed by atoms with Crippen LogP contribution < -0.4 is 5.32 Å². The minimum absolute atomic E-state index is 0.0355. The third-order valence-corrected chi connectivity index (χ3v) is 6.74. The van der Waals surface area contributed by atoms with E-state index in [1.54, 1.807) is 23.7 Å². The van der Waals surface area contributed by atoms with Gasteiger partial charge in [-0.25, -0.2) is 0 Å². The number of anilines is 1. The summed E-state index contributed by atoms with van der Waals surface area (Å²) >= 11 is 1.67. The van der Waals surface area contributed by atoms with Gasteiger partial charge in [0, 0.05) is 40.2 Å². The number of H-pyrrole nitrogens is 2. The Morgan fingerprint density at radius 3 is 2.63 bits per heavy atom. The van der Waals surface area contributed by atoms with Crippen LogP contribution in [0.5, 0.6) is 0 Å². The molecule has 0 saturated heterocycles. The molecule has 0 fully saturated rings. The first-order valence-corrected chi connectivity index (χ1v) is 12.2. The number of benzene rings is 1. The average molecular weight is 479 g/mol. The summed E-state index contributed by atoms with van der Waals surface area (Å²) in [6, 6.07) is 12.3. The van der Waals surface area contributed by atoms with Crippen molar-refractivity contribution in [2.75, 3.05) is 5.32 Å². The van der Waals surface area contributed by atoms with E-state index >= 15 is 0 Å². The molecule has 0 atom stereocenters. The molecule has 6 aromatic rings. The highest BCUT2D eigenvalue weighted by atomic mass is 32.1. The SMILES string of the molecule is CC(C)C(=O)Nc1cncc(-c2ccc3[nH]nc(-c4cc5c(-c6ccsc6)cncc5[nH]4)c3c2)c1. The van der Waals surface area contributed by atoms with Crippen molar-refractivity contribution in [1.82, 2.24) is 25.1 Å². The molecule has 35 heavy (non-hydrogen) atoms. The summed E-state index contributed by atoms with van der Waals surface area (Å²) in [6.45, 7) is 3.73. The van der Waals surface area contributed by atoms with Crippen LogP contribution >= 0.6 is 11.3 Å². The molecule has 0 saturated carbocycles. The molecule has 0 unspecified atom stereocenters. The maximum absolute atomic E-state index is 12.1. The molecular formula is C27H22N6OS. The number of rotatable bonds is 5. The van der Waals surface area contributed by atoms with E-state index in [4.69, 9.17) is 0 Å². The number of amides is 1. The van der Waals surface area contributed by atoms with E-state index < -0.39 is 0 Å². The summed E-state index contributed by atoms with van der Waals surface area (Å²) in [7, 11) is 0. The van der Waals surface area contributed by atoms with Crippen LogP contribution in [0.2, 0.25) is 0 Å². The minimum Gasteiger partial charge on any atom is -0.352 e. The van der Waals surface area contributed by atoms with Crippen molar-refractivity contribution in [1.29, 1.82) is 0 Å². The molecular weight excluding hydrogens is 456 g/mol. The van der Waals surface area contributed by atoms with Gasteiger partial charge in [0.25, 0.3) is 0 Å². The number of nitrogens with one attached hydrogen (secondary N) is 3. The Labute approximate surface area is 205 Å². The van der Waals surface area contributed by atoms with Crippen molar-refractivity contribution in [2.45, 2.75) is 13.8 Å². The van der Waals surface area contributed by atoms with E-state index in [9.17, 15) is 4.79 Å². The maximum Gasteiger partial charge on any atom is 0.226 e. The van der Waals surface area contributed by atoms with Crippen LogP contribution in [-0.2, 0) is 4.79 Å². The van der Waals surface area contributed by atoms with Gasteiger partial charge in [0.1, 0.15) is 5.69 Å². The van der Waals surface area contributed by atoms with Crippen LogP contribution in [0.15, 0.2) is 71.9 Å². The van der Waals surface area contributed by atoms with Gasteiger partial charge >= 0.3 is 0 Å². The molecule has 0 aliphatic heterocycles. The normalized spacial score (nSPS) is 11.5. The number of hydrogen-bond donors (Lipinski definition) is 3. The fraction of sp³-hybridized carbons (Fsp3) is 0.111. The number of pyridine rings is 2. The third kappa shape index (κ3) is 3.87. The van der Waals surface area contributed by atoms with E-state index in [0.29, 0.717) is 5.69 Å². The molecule has 0 spiro atoms. The smallest absolute Gasteiger partial charge is 0.226 e. The van der Waals surface area contributed by atoms with E-state index in [0.717, 1.165) is 55.4 Å². The Morgan fingerprint density at radius 1 is 0.914 bits per heavy atom. The van der Waals surface area contributed by atoms with Crippen LogP contribution in [0.4, 0.5) is 5.69 Å². The van der Waals surface area contributed by atoms with Gasteiger partial charge in [0.15, 0.2) is 0 Å². The second-order valence-corrected chi connectivity index (χ2v) is 9.56. The first-order chi connectivity index (χ1) is 17.1. The molecule has 8 heteroatoms. The lowest BCUT2D eigenvalue weighted by atomic mass is 10.0. The summed E-state index contributed by atoms with van der Waals surface area (Å²) in [6.07, 6.45) is 7.21. The second kappa shape index (κ2) is 8.48. The number of carbonyl (C=O) groups is 1. The summed E-state index contributed by atoms with van der Waals surface area (Å²) in [5.74, 6) is -0.137. The van der Waals surface area contributed by atoms with Crippen molar-refractivity contribution in [3.8, 4) is 33.6 Å². The number of aromatic amines is 2. The maximum atomic E-state index is 12.1. The lowest BCUT2D eigenvalue weighted by Gasteiger charge is -2.09. The number of nitrogens with zero attached hydrogens (tertiary/aromatic N) is 3. The molecule has 0 radical (unpaired) electrons. The average Bonchev–Trinajstić information content (AvgIpc) is 3.62. The number of aromatic nitrogens is 5. The monoisotopic (exact) mass is 478 g/mol. The highest BCUT2D eigenvalue weighted by Gasteiger charge is 2.15. The Morgan fingerprint density at radius 2 is 1.80 bits per heavy atom. The van der Waals surface area contributed by atoms with Gasteiger partial charge in [0.2, 0.25) is 5.91 Å². The molecule has 5 aromatic heterocycles. The highest BCUT2D eigenvalue weighted by molar-refractivity contribution is 7.08. The zero-order valence-corrected chi connectivity index (χ0v) is 20.0. The first kappa shape index (κ1) is 21.2. The van der Waals surface area contributed by atoms with Crippen molar-refractivity contribution in [3.05, 3.63) is 71.9 Å². The number of thiophene rings is 1. The van der Waals surface area contributed by atoms with Crippen molar-refractivity contribution >= 4 is 44.7 Å². The molecule has 0 bridgehead atoms. The molecule has 7 nitrogen and oxygen atoms in total. The molecule has 3 N–H and O–H groups in total. The van der Waals surface area contributed by atoms with Crippen LogP contribution in [0.3, 0.4) is 0 Å². The van der Waals surface area contributed by atoms with Crippen LogP contribution in [0, 0.1) is 5.92 Å². The molecule has 0 aliphatic carbocycles. The van der Waals surface area contributed by atoms with Crippen molar-refractivity contribution in [2.24, 2.45) is 5.92 Å². The van der Waals surface area contributed by atoms with Gasteiger partial charge < -0.3 is 10.3 Å². The zero-order valence-electron chi connectivity index (χ0n) is 19.2. The van der Waals surface area contributed by atoms with E-state index in [-0.39, 0.29) is 11.8 Å². The van der Waals surface area contributed by atoms with Gasteiger partial charge in [-0.1, -0.05) is 19.9 Å². The molecule has 1 amide bonds. The Balaban J connectivity index is 1.41. The largest absolute Gasteiger partial charge is 0.352 e. The molecule has 0 aliphatic rings. The predicted molar refractivity (Wildman–Crippen MR) is 141 cm³/mol. The lowest BCUT2D eigenvalue weighted by molar-refractivity contribution is -0.118. The van der Waals surface area contributed by atoms with Gasteiger partial charge in [-0.3, -0.25) is 19.9 Å². The Hall–Kier alpha value is -4.30. The first-order valence-electron chi connectivity index (χ1n) is 11.3. The fourth-order valence-electron chi connectivity index (χ4n) is 4.18. The molecule has 1 aromatic carbocycles. The van der Waals surface area contributed by atoms with Gasteiger partial charge in [0.05, 0.1) is 34.8 Å². The van der Waals surface area contributed by atoms with Gasteiger partial charge in [-0.05, 0) is 52.2 Å². The summed E-state index contributed by atoms with van der Waals surface area (Å²) < 4.78 is 0. The van der Waals surface area contributed by atoms with Crippen LogP contribution in [0.1, 0.15) is 13.8 Å². The van der Waals surface area contributed by atoms with Crippen LogP contribution in [-0.4, -0.2) is 31.1 Å².